The molecule has 0 atom stereocenters. The smallest absolute Gasteiger partial charge is 0.0690 e. The lowest BCUT2D eigenvalue weighted by molar-refractivity contribution is 0.282. The summed E-state index contributed by atoms with van der Waals surface area (Å²) in [5.74, 6) is 0. The van der Waals surface area contributed by atoms with E-state index in [-0.39, 0.29) is 6.61 Å². The lowest BCUT2D eigenvalue weighted by Gasteiger charge is -2.12. The zero-order chi connectivity index (χ0) is 14.4. The van der Waals surface area contributed by atoms with Gasteiger partial charge < -0.3 is 5.11 Å². The molecule has 0 saturated heterocycles. The fourth-order valence-corrected chi connectivity index (χ4v) is 3.29. The topological polar surface area (TPSA) is 20.2 Å². The third kappa shape index (κ3) is 1.75. The predicted molar refractivity (Wildman–Crippen MR) is 89.6 cm³/mol. The molecule has 0 radical (unpaired) electrons. The lowest BCUT2D eigenvalue weighted by Crippen LogP contribution is -1.91. The molecule has 0 spiro atoms. The minimum absolute atomic E-state index is 0.0856. The summed E-state index contributed by atoms with van der Waals surface area (Å²) < 4.78 is 0. The molecule has 0 heterocycles. The Labute approximate surface area is 123 Å². The fourth-order valence-electron chi connectivity index (χ4n) is 3.29. The quantitative estimate of drug-likeness (QED) is 0.486. The van der Waals surface area contributed by atoms with Gasteiger partial charge >= 0.3 is 0 Å². The second kappa shape index (κ2) is 4.57. The molecular weight excluding hydrogens is 256 g/mol. The Hall–Kier alpha value is -2.38. The van der Waals surface area contributed by atoms with Crippen LogP contribution in [0, 0.1) is 6.92 Å². The standard InChI is InChI=1S/C20H16O/c1-13-6-8-17-18-9-7-14-4-2-3-5-15(14)16(18)10-11-19(17)20(13)12-21/h2-11,21H,12H2,1H3. The van der Waals surface area contributed by atoms with Gasteiger partial charge in [0.2, 0.25) is 0 Å². The van der Waals surface area contributed by atoms with Crippen molar-refractivity contribution in [2.75, 3.05) is 0 Å². The Bertz CT molecular complexity index is 983. The van der Waals surface area contributed by atoms with Crippen molar-refractivity contribution >= 4 is 32.3 Å². The van der Waals surface area contributed by atoms with Crippen molar-refractivity contribution in [3.8, 4) is 0 Å². The summed E-state index contributed by atoms with van der Waals surface area (Å²) in [6.45, 7) is 2.14. The molecule has 4 aromatic rings. The van der Waals surface area contributed by atoms with E-state index in [1.54, 1.807) is 0 Å². The van der Waals surface area contributed by atoms with Crippen molar-refractivity contribution in [2.24, 2.45) is 0 Å². The van der Waals surface area contributed by atoms with Crippen molar-refractivity contribution in [3.05, 3.63) is 71.8 Å². The molecule has 4 rings (SSSR count). The molecule has 0 aromatic heterocycles. The minimum atomic E-state index is 0.0856. The average molecular weight is 272 g/mol. The minimum Gasteiger partial charge on any atom is -0.392 e. The SMILES string of the molecule is Cc1ccc2c(ccc3c4ccccc4ccc23)c1CO. The van der Waals surface area contributed by atoms with Crippen LogP contribution in [0.4, 0.5) is 0 Å². The van der Waals surface area contributed by atoms with Gasteiger partial charge in [0.15, 0.2) is 0 Å². The molecule has 0 bridgehead atoms. The van der Waals surface area contributed by atoms with E-state index < -0.39 is 0 Å². The van der Waals surface area contributed by atoms with E-state index in [9.17, 15) is 5.11 Å². The summed E-state index contributed by atoms with van der Waals surface area (Å²) in [5, 5.41) is 17.1. The van der Waals surface area contributed by atoms with E-state index in [0.29, 0.717) is 0 Å². The van der Waals surface area contributed by atoms with Crippen molar-refractivity contribution in [2.45, 2.75) is 13.5 Å². The molecular formula is C20H16O. The Morgan fingerprint density at radius 1 is 0.667 bits per heavy atom. The van der Waals surface area contributed by atoms with Crippen LogP contribution >= 0.6 is 0 Å². The second-order valence-corrected chi connectivity index (χ2v) is 5.56. The van der Waals surface area contributed by atoms with Crippen LogP contribution in [0.25, 0.3) is 32.3 Å². The Morgan fingerprint density at radius 3 is 2.14 bits per heavy atom. The molecule has 0 aliphatic rings. The van der Waals surface area contributed by atoms with Crippen LogP contribution in [0.1, 0.15) is 11.1 Å². The van der Waals surface area contributed by atoms with E-state index in [2.05, 4.69) is 67.6 Å². The van der Waals surface area contributed by atoms with E-state index >= 15 is 0 Å². The number of hydrogen-bond donors (Lipinski definition) is 1. The zero-order valence-corrected chi connectivity index (χ0v) is 11.9. The number of fused-ring (bicyclic) bond motifs is 5. The van der Waals surface area contributed by atoms with Crippen molar-refractivity contribution in [3.63, 3.8) is 0 Å². The third-order valence-corrected chi connectivity index (χ3v) is 4.43. The van der Waals surface area contributed by atoms with Gasteiger partial charge in [-0.2, -0.15) is 0 Å². The molecule has 0 unspecified atom stereocenters. The normalized spacial score (nSPS) is 11.5. The van der Waals surface area contributed by atoms with E-state index in [0.717, 1.165) is 16.5 Å². The molecule has 102 valence electrons. The third-order valence-electron chi connectivity index (χ3n) is 4.43. The lowest BCUT2D eigenvalue weighted by atomic mass is 9.93. The van der Waals surface area contributed by atoms with Gasteiger partial charge in [0.25, 0.3) is 0 Å². The van der Waals surface area contributed by atoms with E-state index in [4.69, 9.17) is 0 Å². The summed E-state index contributed by atoms with van der Waals surface area (Å²) in [4.78, 5) is 0. The van der Waals surface area contributed by atoms with Gasteiger partial charge in [-0.25, -0.2) is 0 Å². The largest absolute Gasteiger partial charge is 0.392 e. The first kappa shape index (κ1) is 12.4. The molecule has 0 aliphatic carbocycles. The van der Waals surface area contributed by atoms with Crippen molar-refractivity contribution in [1.29, 1.82) is 0 Å². The maximum Gasteiger partial charge on any atom is 0.0690 e. The number of aryl methyl sites for hydroxylation is 1. The summed E-state index contributed by atoms with van der Waals surface area (Å²) in [6.07, 6.45) is 0. The first-order valence-corrected chi connectivity index (χ1v) is 7.23. The number of rotatable bonds is 1. The van der Waals surface area contributed by atoms with Gasteiger partial charge in [0.1, 0.15) is 0 Å². The summed E-state index contributed by atoms with van der Waals surface area (Å²) in [5.41, 5.74) is 2.17. The number of hydrogen-bond acceptors (Lipinski definition) is 1. The Balaban J connectivity index is 2.23. The van der Waals surface area contributed by atoms with Gasteiger partial charge in [-0.3, -0.25) is 0 Å². The highest BCUT2D eigenvalue weighted by Crippen LogP contribution is 2.33. The fraction of sp³-hybridized carbons (Fsp3) is 0.100. The molecule has 21 heavy (non-hydrogen) atoms. The van der Waals surface area contributed by atoms with Crippen LogP contribution < -0.4 is 0 Å². The maximum atomic E-state index is 9.66. The van der Waals surface area contributed by atoms with Crippen LogP contribution in [0.5, 0.6) is 0 Å². The van der Waals surface area contributed by atoms with Crippen LogP contribution in [0.3, 0.4) is 0 Å². The van der Waals surface area contributed by atoms with Crippen LogP contribution in [0.2, 0.25) is 0 Å². The highest BCUT2D eigenvalue weighted by molar-refractivity contribution is 6.17. The first-order valence-electron chi connectivity index (χ1n) is 7.23. The van der Waals surface area contributed by atoms with Gasteiger partial charge in [-0.1, -0.05) is 60.7 Å². The highest BCUT2D eigenvalue weighted by atomic mass is 16.3. The second-order valence-electron chi connectivity index (χ2n) is 5.56. The molecule has 1 N–H and O–H groups in total. The molecule has 0 fully saturated rings. The molecule has 1 heteroatoms. The monoisotopic (exact) mass is 272 g/mol. The number of benzene rings is 4. The molecule has 1 nitrogen and oxygen atoms in total. The van der Waals surface area contributed by atoms with Crippen LogP contribution in [0.15, 0.2) is 60.7 Å². The zero-order valence-electron chi connectivity index (χ0n) is 11.9. The summed E-state index contributed by atoms with van der Waals surface area (Å²) in [6, 6.07) is 21.4. The summed E-state index contributed by atoms with van der Waals surface area (Å²) in [7, 11) is 0. The Morgan fingerprint density at radius 2 is 1.29 bits per heavy atom. The van der Waals surface area contributed by atoms with Crippen LogP contribution in [-0.2, 0) is 6.61 Å². The predicted octanol–water partition coefficient (Wildman–Crippen LogP) is 4.95. The van der Waals surface area contributed by atoms with Gasteiger partial charge in [0.05, 0.1) is 6.61 Å². The van der Waals surface area contributed by atoms with Gasteiger partial charge in [-0.15, -0.1) is 0 Å². The molecule has 0 saturated carbocycles. The first-order chi connectivity index (χ1) is 10.3. The van der Waals surface area contributed by atoms with Crippen LogP contribution in [-0.4, -0.2) is 5.11 Å². The van der Waals surface area contributed by atoms with E-state index in [1.165, 1.54) is 26.9 Å². The average Bonchev–Trinajstić information content (AvgIpc) is 2.54. The van der Waals surface area contributed by atoms with Gasteiger partial charge in [-0.05, 0) is 50.4 Å². The highest BCUT2D eigenvalue weighted by Gasteiger charge is 2.08. The van der Waals surface area contributed by atoms with Crippen molar-refractivity contribution < 1.29 is 5.11 Å². The molecule has 0 aliphatic heterocycles. The number of aliphatic hydroxyl groups is 1. The number of aliphatic hydroxyl groups excluding tert-OH is 1. The molecule has 4 aromatic carbocycles. The van der Waals surface area contributed by atoms with Crippen molar-refractivity contribution in [1.82, 2.24) is 0 Å². The Kier molecular flexibility index (Phi) is 2.69. The van der Waals surface area contributed by atoms with E-state index in [1.807, 2.05) is 0 Å². The molecule has 0 amide bonds. The summed E-state index contributed by atoms with van der Waals surface area (Å²) >= 11 is 0. The maximum absolute atomic E-state index is 9.66. The van der Waals surface area contributed by atoms with Gasteiger partial charge in [0, 0.05) is 0 Å².